The summed E-state index contributed by atoms with van der Waals surface area (Å²) in [5.41, 5.74) is 0.936. The van der Waals surface area contributed by atoms with Crippen LogP contribution in [0.25, 0.3) is 6.20 Å². The number of carboxylic acids is 2. The Hall–Kier alpha value is -4.75. The molecule has 25 heteroatoms. The summed E-state index contributed by atoms with van der Waals surface area (Å²) in [6.45, 7) is 0. The van der Waals surface area contributed by atoms with Crippen LogP contribution in [0.4, 0.5) is 18.3 Å². The van der Waals surface area contributed by atoms with Crippen LogP contribution >= 0.6 is 34.9 Å². The van der Waals surface area contributed by atoms with Gasteiger partial charge in [0.25, 0.3) is 11.8 Å². The first-order chi connectivity index (χ1) is 21.8. The van der Waals surface area contributed by atoms with E-state index in [0.717, 1.165) is 51.8 Å². The van der Waals surface area contributed by atoms with Crippen molar-refractivity contribution in [2.24, 2.45) is 5.16 Å². The van der Waals surface area contributed by atoms with E-state index >= 15 is 0 Å². The maximum Gasteiger partial charge on any atom is 0.471 e. The van der Waals surface area contributed by atoms with Gasteiger partial charge in [-0.1, -0.05) is 16.9 Å². The summed E-state index contributed by atoms with van der Waals surface area (Å²) < 4.78 is 38.7. The zero-order chi connectivity index (χ0) is 33.8. The molecule has 3 amide bonds. The number of β-lactam (4-membered cyclic amide) rings is 1. The van der Waals surface area contributed by atoms with Crippen molar-refractivity contribution in [1.29, 1.82) is 0 Å². The first-order valence-electron chi connectivity index (χ1n) is 12.1. The van der Waals surface area contributed by atoms with E-state index in [4.69, 9.17) is 0 Å². The number of hydroxylamine groups is 1. The number of halogens is 3. The highest BCUT2D eigenvalue weighted by Gasteiger charge is 2.54. The van der Waals surface area contributed by atoms with Crippen LogP contribution in [-0.2, 0) is 33.6 Å². The van der Waals surface area contributed by atoms with Crippen LogP contribution in [-0.4, -0.2) is 119 Å². The van der Waals surface area contributed by atoms with Gasteiger partial charge in [0.15, 0.2) is 16.5 Å². The predicted molar refractivity (Wildman–Crippen MR) is 151 cm³/mol. The van der Waals surface area contributed by atoms with Gasteiger partial charge >= 0.3 is 24.0 Å². The number of amides is 3. The quantitative estimate of drug-likeness (QED) is 0.0581. The van der Waals surface area contributed by atoms with E-state index in [2.05, 4.69) is 46.1 Å². The minimum absolute atomic E-state index is 0.0157. The summed E-state index contributed by atoms with van der Waals surface area (Å²) in [6.07, 6.45) is -4.14. The number of aliphatic carboxylic acids is 2. The summed E-state index contributed by atoms with van der Waals surface area (Å²) in [5, 5.41) is 37.5. The van der Waals surface area contributed by atoms with Crippen LogP contribution in [0.2, 0.25) is 0 Å². The number of fused-ring (bicyclic) bond motifs is 1. The van der Waals surface area contributed by atoms with E-state index in [9.17, 15) is 47.4 Å². The number of anilines is 1. The summed E-state index contributed by atoms with van der Waals surface area (Å²) in [6, 6.07) is -1.22. The Labute approximate surface area is 266 Å². The standard InChI is InChI=1S/C21H19F3N10O9S3/c1-42-29-8(16(37)38)3-33-20(28-31-32-33)46-5-7-4-44-15-11(14(36)34(15)12(7)17(39)40)26-13(35)10(30-43-2)9-6-45-19(25-9)27-18(41)21(22,23)24/h3,6,11,15,29H,4-5H2,1-2H3,(H,26,35)(H,37,38)(H,39,40)(H,25,27,41)/t11?,15-/m0/s1. The third kappa shape index (κ3) is 7.37. The lowest BCUT2D eigenvalue weighted by Crippen LogP contribution is -2.71. The number of alkyl halides is 3. The third-order valence-corrected chi connectivity index (χ3v) is 8.81. The molecule has 1 fully saturated rings. The van der Waals surface area contributed by atoms with Crippen LogP contribution in [0.3, 0.4) is 0 Å². The molecule has 46 heavy (non-hydrogen) atoms. The van der Waals surface area contributed by atoms with E-state index in [-0.39, 0.29) is 28.1 Å². The summed E-state index contributed by atoms with van der Waals surface area (Å²) in [5.74, 6) is -6.77. The molecule has 0 aliphatic carbocycles. The fraction of sp³-hybridized carbons (Fsp3) is 0.333. The van der Waals surface area contributed by atoms with E-state index < -0.39 is 63.8 Å². The molecule has 2 aliphatic heterocycles. The molecule has 4 heterocycles. The number of carbonyl (C=O) groups is 5. The molecule has 2 aromatic heterocycles. The summed E-state index contributed by atoms with van der Waals surface area (Å²) in [4.78, 5) is 74.9. The number of carbonyl (C=O) groups excluding carboxylic acids is 3. The topological polar surface area (TPSA) is 252 Å². The molecule has 0 bridgehead atoms. The molecular weight excluding hydrogens is 689 g/mol. The fourth-order valence-electron chi connectivity index (χ4n) is 3.78. The van der Waals surface area contributed by atoms with Gasteiger partial charge in [0, 0.05) is 16.9 Å². The fourth-order valence-corrected chi connectivity index (χ4v) is 6.80. The van der Waals surface area contributed by atoms with Crippen LogP contribution in [0.1, 0.15) is 5.69 Å². The molecule has 2 aromatic rings. The number of rotatable bonds is 13. The Balaban J connectivity index is 1.47. The number of hydrogen-bond acceptors (Lipinski definition) is 16. The highest BCUT2D eigenvalue weighted by molar-refractivity contribution is 8.01. The van der Waals surface area contributed by atoms with E-state index in [1.54, 1.807) is 5.32 Å². The molecule has 2 aliphatic rings. The minimum atomic E-state index is -5.18. The van der Waals surface area contributed by atoms with Gasteiger partial charge in [0.05, 0.1) is 13.3 Å². The zero-order valence-corrected chi connectivity index (χ0v) is 25.4. The SMILES string of the molecule is CON=C(C(=O)NC1C(=O)N2C(C(=O)O)=C(CSc3nnnn3C=C(NOC)C(=O)O)CS[C@@H]12)c1csc(NC(=O)C(F)(F)F)n1. The van der Waals surface area contributed by atoms with Crippen molar-refractivity contribution < 1.29 is 57.0 Å². The van der Waals surface area contributed by atoms with Crippen molar-refractivity contribution in [2.45, 2.75) is 22.7 Å². The van der Waals surface area contributed by atoms with Crippen molar-refractivity contribution in [3.63, 3.8) is 0 Å². The van der Waals surface area contributed by atoms with Gasteiger partial charge < -0.3 is 20.4 Å². The number of aromatic nitrogens is 5. The largest absolute Gasteiger partial charge is 0.477 e. The molecule has 1 unspecified atom stereocenters. The maximum absolute atomic E-state index is 13.1. The molecule has 0 spiro atoms. The summed E-state index contributed by atoms with van der Waals surface area (Å²) >= 11 is 2.67. The van der Waals surface area contributed by atoms with E-state index in [1.807, 2.05) is 0 Å². The monoisotopic (exact) mass is 708 g/mol. The van der Waals surface area contributed by atoms with Gasteiger partial charge in [-0.3, -0.25) is 34.9 Å². The Morgan fingerprint density at radius 3 is 2.63 bits per heavy atom. The van der Waals surface area contributed by atoms with Gasteiger partial charge in [0.1, 0.15) is 29.9 Å². The second-order valence-electron chi connectivity index (χ2n) is 8.58. The number of thioether (sulfide) groups is 2. The minimum Gasteiger partial charge on any atom is -0.477 e. The molecular formula is C21H19F3N10O9S3. The van der Waals surface area contributed by atoms with Crippen LogP contribution in [0, 0.1) is 0 Å². The van der Waals surface area contributed by atoms with Crippen LogP contribution < -0.4 is 16.1 Å². The molecule has 0 radical (unpaired) electrons. The van der Waals surface area contributed by atoms with E-state index in [1.165, 1.54) is 7.11 Å². The molecule has 246 valence electrons. The molecule has 2 atom stereocenters. The Morgan fingerprint density at radius 1 is 1.26 bits per heavy atom. The number of oxime groups is 1. The molecule has 19 nitrogen and oxygen atoms in total. The number of hydrogen-bond donors (Lipinski definition) is 5. The smallest absolute Gasteiger partial charge is 0.471 e. The number of thiazole rings is 1. The van der Waals surface area contributed by atoms with Crippen molar-refractivity contribution in [3.8, 4) is 0 Å². The highest BCUT2D eigenvalue weighted by atomic mass is 32.2. The molecule has 1 saturated heterocycles. The van der Waals surface area contributed by atoms with Crippen LogP contribution in [0.15, 0.2) is 32.7 Å². The molecule has 0 aromatic carbocycles. The predicted octanol–water partition coefficient (Wildman–Crippen LogP) is -0.454. The van der Waals surface area contributed by atoms with Gasteiger partial charge in [-0.05, 0) is 16.0 Å². The van der Waals surface area contributed by atoms with Crippen molar-refractivity contribution >= 4 is 81.6 Å². The average Bonchev–Trinajstić information content (AvgIpc) is 3.65. The third-order valence-electron chi connectivity index (χ3n) is 5.69. The normalized spacial score (nSPS) is 18.5. The van der Waals surface area contributed by atoms with Gasteiger partial charge in [0.2, 0.25) is 5.16 Å². The summed E-state index contributed by atoms with van der Waals surface area (Å²) in [7, 11) is 2.28. The Kier molecular flexibility index (Phi) is 10.5. The Morgan fingerprint density at radius 2 is 2.00 bits per heavy atom. The first kappa shape index (κ1) is 34.1. The number of carboxylic acid groups (broad SMARTS) is 2. The lowest BCUT2D eigenvalue weighted by molar-refractivity contribution is -0.167. The highest BCUT2D eigenvalue weighted by Crippen LogP contribution is 2.41. The van der Waals surface area contributed by atoms with Gasteiger partial charge in [-0.25, -0.2) is 14.6 Å². The first-order valence-corrected chi connectivity index (χ1v) is 15.0. The second kappa shape index (κ2) is 14.1. The lowest BCUT2D eigenvalue weighted by atomic mass is 10.0. The second-order valence-corrected chi connectivity index (χ2v) is 11.5. The number of nitrogens with zero attached hydrogens (tertiary/aromatic N) is 7. The van der Waals surface area contributed by atoms with Crippen molar-refractivity contribution in [3.05, 3.63) is 28.0 Å². The average molecular weight is 709 g/mol. The molecule has 5 N–H and O–H groups in total. The van der Waals surface area contributed by atoms with Crippen LogP contribution in [0.5, 0.6) is 0 Å². The lowest BCUT2D eigenvalue weighted by Gasteiger charge is -2.49. The van der Waals surface area contributed by atoms with Crippen molar-refractivity contribution in [2.75, 3.05) is 31.0 Å². The number of nitrogens with one attached hydrogen (secondary N) is 3. The van der Waals surface area contributed by atoms with Gasteiger partial charge in [-0.15, -0.1) is 28.2 Å². The molecule has 4 rings (SSSR count). The number of tetrazole rings is 1. The van der Waals surface area contributed by atoms with E-state index in [0.29, 0.717) is 16.9 Å². The van der Waals surface area contributed by atoms with Gasteiger partial charge in [-0.2, -0.15) is 17.9 Å². The Bertz CT molecular complexity index is 1660. The molecule has 0 saturated carbocycles. The van der Waals surface area contributed by atoms with Crippen molar-refractivity contribution in [1.82, 2.24) is 40.9 Å². The zero-order valence-electron chi connectivity index (χ0n) is 23.0. The maximum atomic E-state index is 13.1.